The monoisotopic (exact) mass is 259 g/mol. The average molecular weight is 259 g/mol. The number of hydrogen-bond acceptors (Lipinski definition) is 5. The molecule has 0 bridgehead atoms. The smallest absolute Gasteiger partial charge is 0.244 e. The summed E-state index contributed by atoms with van der Waals surface area (Å²) in [5, 5.41) is 2.74. The van der Waals surface area contributed by atoms with E-state index in [4.69, 9.17) is 4.74 Å². The number of nitrogens with zero attached hydrogens (tertiary/aromatic N) is 1. The first-order valence-corrected chi connectivity index (χ1v) is 6.64. The van der Waals surface area contributed by atoms with Crippen molar-refractivity contribution < 1.29 is 13.2 Å². The Morgan fingerprint density at radius 2 is 2.24 bits per heavy atom. The lowest BCUT2D eigenvalue weighted by molar-refractivity contribution is 0.122. The van der Waals surface area contributed by atoms with Gasteiger partial charge in [-0.1, -0.05) is 0 Å². The second-order valence-electron chi connectivity index (χ2n) is 3.50. The fourth-order valence-electron chi connectivity index (χ4n) is 1.18. The fourth-order valence-corrected chi connectivity index (χ4v) is 2.46. The maximum atomic E-state index is 12.0. The van der Waals surface area contributed by atoms with Crippen molar-refractivity contribution in [2.45, 2.75) is 17.9 Å². The number of hydrogen-bond donors (Lipinski definition) is 2. The summed E-state index contributed by atoms with van der Waals surface area (Å²) in [5.74, 6) is 0.324. The van der Waals surface area contributed by atoms with Crippen molar-refractivity contribution in [2.75, 3.05) is 26.0 Å². The number of anilines is 1. The second kappa shape index (κ2) is 5.95. The maximum Gasteiger partial charge on any atom is 0.244 e. The van der Waals surface area contributed by atoms with Crippen LogP contribution in [0.1, 0.15) is 6.92 Å². The molecule has 1 aromatic rings. The highest BCUT2D eigenvalue weighted by molar-refractivity contribution is 7.89. The Hall–Kier alpha value is -1.18. The van der Waals surface area contributed by atoms with Gasteiger partial charge in [-0.2, -0.15) is 0 Å². The number of sulfonamides is 1. The van der Waals surface area contributed by atoms with Crippen molar-refractivity contribution >= 4 is 15.8 Å². The van der Waals surface area contributed by atoms with E-state index in [0.717, 1.165) is 0 Å². The topological polar surface area (TPSA) is 80.3 Å². The van der Waals surface area contributed by atoms with Gasteiger partial charge < -0.3 is 10.1 Å². The van der Waals surface area contributed by atoms with Gasteiger partial charge >= 0.3 is 0 Å². The van der Waals surface area contributed by atoms with Gasteiger partial charge in [0, 0.05) is 26.9 Å². The van der Waals surface area contributed by atoms with E-state index in [-0.39, 0.29) is 17.5 Å². The molecule has 1 unspecified atom stereocenters. The Morgan fingerprint density at radius 3 is 2.82 bits per heavy atom. The van der Waals surface area contributed by atoms with Crippen molar-refractivity contribution in [1.82, 2.24) is 9.71 Å². The molecule has 0 aliphatic carbocycles. The zero-order chi connectivity index (χ0) is 12.9. The van der Waals surface area contributed by atoms with Gasteiger partial charge in [0.2, 0.25) is 10.0 Å². The van der Waals surface area contributed by atoms with Crippen LogP contribution in [0.4, 0.5) is 5.82 Å². The van der Waals surface area contributed by atoms with E-state index in [1.807, 2.05) is 0 Å². The van der Waals surface area contributed by atoms with E-state index in [1.54, 1.807) is 20.0 Å². The number of nitrogens with one attached hydrogen (secondary N) is 2. The molecule has 96 valence electrons. The molecule has 0 aliphatic heterocycles. The van der Waals surface area contributed by atoms with Crippen molar-refractivity contribution in [3.8, 4) is 0 Å². The third-order valence-corrected chi connectivity index (χ3v) is 3.72. The summed E-state index contributed by atoms with van der Waals surface area (Å²) in [4.78, 5) is 4.08. The number of ether oxygens (including phenoxy) is 1. The maximum absolute atomic E-state index is 12.0. The summed E-state index contributed by atoms with van der Waals surface area (Å²) in [6, 6.07) is 3.08. The lowest BCUT2D eigenvalue weighted by atomic mass is 10.4. The summed E-state index contributed by atoms with van der Waals surface area (Å²) >= 11 is 0. The molecule has 0 amide bonds. The molecule has 7 heteroatoms. The molecule has 2 N–H and O–H groups in total. The Balaban J connectivity index is 2.89. The van der Waals surface area contributed by atoms with E-state index in [9.17, 15) is 8.42 Å². The van der Waals surface area contributed by atoms with Gasteiger partial charge in [-0.3, -0.25) is 0 Å². The minimum Gasteiger partial charge on any atom is -0.380 e. The van der Waals surface area contributed by atoms with Gasteiger partial charge in [-0.25, -0.2) is 18.1 Å². The van der Waals surface area contributed by atoms with Crippen molar-refractivity contribution in [3.63, 3.8) is 0 Å². The highest BCUT2D eigenvalue weighted by Crippen LogP contribution is 2.16. The van der Waals surface area contributed by atoms with Crippen LogP contribution in [0.3, 0.4) is 0 Å². The number of rotatable bonds is 6. The molecule has 0 saturated heterocycles. The quantitative estimate of drug-likeness (QED) is 0.774. The van der Waals surface area contributed by atoms with E-state index in [2.05, 4.69) is 15.0 Å². The number of methoxy groups -OCH3 is 1. The minimum atomic E-state index is -3.56. The average Bonchev–Trinajstić information content (AvgIpc) is 2.35. The highest BCUT2D eigenvalue weighted by atomic mass is 32.2. The molecule has 0 fully saturated rings. The van der Waals surface area contributed by atoms with Crippen molar-refractivity contribution in [2.24, 2.45) is 0 Å². The van der Waals surface area contributed by atoms with E-state index in [1.165, 1.54) is 19.4 Å². The van der Waals surface area contributed by atoms with Gasteiger partial charge in [0.05, 0.1) is 6.10 Å². The molecule has 1 atom stereocenters. The van der Waals surface area contributed by atoms with Crippen LogP contribution in [-0.2, 0) is 14.8 Å². The summed E-state index contributed by atoms with van der Waals surface area (Å²) < 4.78 is 31.4. The molecular formula is C10H17N3O3S. The molecule has 0 aliphatic rings. The van der Waals surface area contributed by atoms with Gasteiger partial charge in [0.25, 0.3) is 0 Å². The SMILES string of the molecule is CNc1ncccc1S(=O)(=O)NCC(C)OC. The van der Waals surface area contributed by atoms with Crippen molar-refractivity contribution in [3.05, 3.63) is 18.3 Å². The molecule has 1 heterocycles. The Morgan fingerprint density at radius 1 is 1.53 bits per heavy atom. The number of pyridine rings is 1. The molecule has 0 aromatic carbocycles. The largest absolute Gasteiger partial charge is 0.380 e. The molecule has 0 radical (unpaired) electrons. The molecule has 1 rings (SSSR count). The van der Waals surface area contributed by atoms with Gasteiger partial charge in [0.1, 0.15) is 10.7 Å². The van der Waals surface area contributed by atoms with Gasteiger partial charge in [-0.15, -0.1) is 0 Å². The predicted octanol–water partition coefficient (Wildman–Crippen LogP) is 0.436. The first-order valence-electron chi connectivity index (χ1n) is 5.16. The summed E-state index contributed by atoms with van der Waals surface area (Å²) in [7, 11) is -0.409. The third kappa shape index (κ3) is 3.65. The molecule has 1 aromatic heterocycles. The third-order valence-electron chi connectivity index (χ3n) is 2.26. The summed E-state index contributed by atoms with van der Waals surface area (Å²) in [6.45, 7) is 2.00. The van der Waals surface area contributed by atoms with Crippen LogP contribution in [0.15, 0.2) is 23.2 Å². The molecule has 0 saturated carbocycles. The standard InChI is InChI=1S/C10H17N3O3S/c1-8(16-3)7-13-17(14,15)9-5-4-6-12-10(9)11-2/h4-6,8,13H,7H2,1-3H3,(H,11,12). The first-order chi connectivity index (χ1) is 8.01. The zero-order valence-electron chi connectivity index (χ0n) is 10.1. The van der Waals surface area contributed by atoms with Crippen LogP contribution in [0.2, 0.25) is 0 Å². The Bertz CT molecular complexity index is 462. The minimum absolute atomic E-state index is 0.130. The summed E-state index contributed by atoms with van der Waals surface area (Å²) in [5.41, 5.74) is 0. The lowest BCUT2D eigenvalue weighted by Crippen LogP contribution is -2.32. The summed E-state index contributed by atoms with van der Waals surface area (Å²) in [6.07, 6.45) is 1.35. The normalized spacial score (nSPS) is 13.4. The molecule has 6 nitrogen and oxygen atoms in total. The molecule has 0 spiro atoms. The van der Waals surface area contributed by atoms with Crippen LogP contribution in [0.5, 0.6) is 0 Å². The van der Waals surface area contributed by atoms with Crippen LogP contribution < -0.4 is 10.0 Å². The first kappa shape index (κ1) is 13.9. The second-order valence-corrected chi connectivity index (χ2v) is 5.23. The van der Waals surface area contributed by atoms with Crippen LogP contribution in [0, 0.1) is 0 Å². The van der Waals surface area contributed by atoms with E-state index in [0.29, 0.717) is 5.82 Å². The molecule has 17 heavy (non-hydrogen) atoms. The Kier molecular flexibility index (Phi) is 4.86. The Labute approximate surface area is 101 Å². The highest BCUT2D eigenvalue weighted by Gasteiger charge is 2.19. The molecular weight excluding hydrogens is 242 g/mol. The van der Waals surface area contributed by atoms with E-state index >= 15 is 0 Å². The van der Waals surface area contributed by atoms with Gasteiger partial charge in [-0.05, 0) is 19.1 Å². The van der Waals surface area contributed by atoms with Crippen LogP contribution >= 0.6 is 0 Å². The van der Waals surface area contributed by atoms with Crippen LogP contribution in [-0.4, -0.2) is 40.2 Å². The van der Waals surface area contributed by atoms with Crippen LogP contribution in [0.25, 0.3) is 0 Å². The van der Waals surface area contributed by atoms with Crippen molar-refractivity contribution in [1.29, 1.82) is 0 Å². The predicted molar refractivity (Wildman–Crippen MR) is 65.4 cm³/mol. The van der Waals surface area contributed by atoms with Gasteiger partial charge in [0.15, 0.2) is 0 Å². The number of aromatic nitrogens is 1. The fraction of sp³-hybridized carbons (Fsp3) is 0.500. The zero-order valence-corrected chi connectivity index (χ0v) is 10.9. The lowest BCUT2D eigenvalue weighted by Gasteiger charge is -2.13. The van der Waals surface area contributed by atoms with E-state index < -0.39 is 10.0 Å².